The number of nitrogens with zero attached hydrogens (tertiary/aromatic N) is 5. The topological polar surface area (TPSA) is 92.6 Å². The molecule has 0 aliphatic carbocycles. The Hall–Kier alpha value is -3.85. The molecule has 9 heteroatoms. The van der Waals surface area contributed by atoms with Gasteiger partial charge >= 0.3 is 0 Å². The molecule has 0 fully saturated rings. The van der Waals surface area contributed by atoms with Crippen molar-refractivity contribution in [1.29, 1.82) is 0 Å². The largest absolute Gasteiger partial charge is 0.370 e. The van der Waals surface area contributed by atoms with E-state index in [2.05, 4.69) is 43.1 Å². The van der Waals surface area contributed by atoms with Gasteiger partial charge in [-0.2, -0.15) is 10.1 Å². The number of fused-ring (bicyclic) bond motifs is 1. The highest BCUT2D eigenvalue weighted by Gasteiger charge is 2.27. The Balaban J connectivity index is 1.50. The second-order valence-corrected chi connectivity index (χ2v) is 7.91. The molecule has 2 aromatic carbocycles. The number of halogens is 1. The van der Waals surface area contributed by atoms with E-state index in [0.29, 0.717) is 29.7 Å². The zero-order valence-corrected chi connectivity index (χ0v) is 18.5. The second-order valence-electron chi connectivity index (χ2n) is 7.91. The van der Waals surface area contributed by atoms with E-state index in [1.807, 2.05) is 25.1 Å². The Labute approximate surface area is 191 Å². The molecule has 33 heavy (non-hydrogen) atoms. The molecule has 8 nitrogen and oxygen atoms in total. The Morgan fingerprint density at radius 1 is 1.15 bits per heavy atom. The molecule has 5 rings (SSSR count). The normalized spacial score (nSPS) is 15.2. The maximum atomic E-state index is 14.8. The van der Waals surface area contributed by atoms with Gasteiger partial charge in [-0.15, -0.1) is 0 Å². The van der Waals surface area contributed by atoms with Gasteiger partial charge in [0, 0.05) is 36.8 Å². The van der Waals surface area contributed by atoms with Crippen molar-refractivity contribution in [2.75, 3.05) is 23.7 Å². The molecule has 2 aromatic heterocycles. The lowest BCUT2D eigenvalue weighted by Crippen LogP contribution is -2.31. The van der Waals surface area contributed by atoms with Crippen molar-refractivity contribution >= 4 is 17.5 Å². The van der Waals surface area contributed by atoms with Crippen LogP contribution in [0.4, 0.5) is 21.8 Å². The number of hydrogen-bond donors (Lipinski definition) is 3. The van der Waals surface area contributed by atoms with Crippen LogP contribution in [0.3, 0.4) is 0 Å². The highest BCUT2D eigenvalue weighted by Crippen LogP contribution is 2.33. The third-order valence-corrected chi connectivity index (χ3v) is 5.62. The molecule has 3 heterocycles. The molecule has 0 amide bonds. The van der Waals surface area contributed by atoms with Crippen LogP contribution in [-0.2, 0) is 6.54 Å². The van der Waals surface area contributed by atoms with Crippen molar-refractivity contribution in [2.45, 2.75) is 26.3 Å². The fraction of sp³-hybridized carbons (Fsp3) is 0.250. The van der Waals surface area contributed by atoms with Gasteiger partial charge in [-0.25, -0.2) is 19.0 Å². The smallest absolute Gasteiger partial charge is 0.229 e. The lowest BCUT2D eigenvalue weighted by molar-refractivity contribution is 0.576. The first kappa shape index (κ1) is 21.0. The van der Waals surface area contributed by atoms with Gasteiger partial charge in [-0.3, -0.25) is 0 Å². The van der Waals surface area contributed by atoms with Crippen LogP contribution in [0.1, 0.15) is 35.5 Å². The average molecular weight is 445 g/mol. The molecular weight excluding hydrogens is 419 g/mol. The van der Waals surface area contributed by atoms with E-state index in [1.54, 1.807) is 19.1 Å². The van der Waals surface area contributed by atoms with Crippen LogP contribution in [0.25, 0.3) is 5.69 Å². The minimum absolute atomic E-state index is 0.102. The third kappa shape index (κ3) is 4.27. The Morgan fingerprint density at radius 3 is 2.73 bits per heavy atom. The molecule has 1 unspecified atom stereocenters. The number of hydrogen-bond acceptors (Lipinski definition) is 7. The van der Waals surface area contributed by atoms with Gasteiger partial charge in [0.2, 0.25) is 5.95 Å². The molecule has 0 radical (unpaired) electrons. The van der Waals surface area contributed by atoms with Gasteiger partial charge in [0.15, 0.2) is 5.82 Å². The standard InChI is InChI=1S/C24H25FN8/c1-3-27-23-19-13-26-12-18(16-7-5-4-6-8-16)22(19)30-24(31-23)29-17-9-10-21(20(25)11-17)33-14-28-15(2)32-33/h4-11,14,18,26H,3,12-13H2,1-2H3,(H2,27,29,30,31). The summed E-state index contributed by atoms with van der Waals surface area (Å²) < 4.78 is 16.2. The Kier molecular flexibility index (Phi) is 5.70. The van der Waals surface area contributed by atoms with Gasteiger partial charge in [0.05, 0.1) is 5.69 Å². The van der Waals surface area contributed by atoms with E-state index in [-0.39, 0.29) is 5.92 Å². The zero-order valence-electron chi connectivity index (χ0n) is 18.5. The van der Waals surface area contributed by atoms with Crippen LogP contribution < -0.4 is 16.0 Å². The van der Waals surface area contributed by atoms with Gasteiger partial charge < -0.3 is 16.0 Å². The first-order valence-electron chi connectivity index (χ1n) is 11.0. The van der Waals surface area contributed by atoms with Gasteiger partial charge in [0.1, 0.15) is 23.7 Å². The lowest BCUT2D eigenvalue weighted by atomic mass is 9.89. The van der Waals surface area contributed by atoms with Crippen LogP contribution in [0.5, 0.6) is 0 Å². The minimum Gasteiger partial charge on any atom is -0.370 e. The van der Waals surface area contributed by atoms with Crippen molar-refractivity contribution in [3.05, 3.63) is 83.3 Å². The van der Waals surface area contributed by atoms with Crippen molar-refractivity contribution in [3.63, 3.8) is 0 Å². The SMILES string of the molecule is CCNc1nc(Nc2ccc(-n3cnc(C)n3)c(F)c2)nc2c1CNCC2c1ccccc1. The molecule has 168 valence electrons. The van der Waals surface area contributed by atoms with Crippen molar-refractivity contribution in [1.82, 2.24) is 30.0 Å². The second kappa shape index (κ2) is 8.95. The predicted molar refractivity (Wildman–Crippen MR) is 126 cm³/mol. The fourth-order valence-electron chi connectivity index (χ4n) is 4.09. The summed E-state index contributed by atoms with van der Waals surface area (Å²) in [5.74, 6) is 1.48. The quantitative estimate of drug-likeness (QED) is 0.415. The molecule has 4 aromatic rings. The molecule has 0 bridgehead atoms. The molecule has 1 atom stereocenters. The van der Waals surface area contributed by atoms with Crippen LogP contribution in [0.15, 0.2) is 54.9 Å². The monoisotopic (exact) mass is 444 g/mol. The van der Waals surface area contributed by atoms with E-state index in [1.165, 1.54) is 22.6 Å². The van der Waals surface area contributed by atoms with E-state index >= 15 is 0 Å². The molecule has 1 aliphatic heterocycles. The molecule has 0 saturated heterocycles. The fourth-order valence-corrected chi connectivity index (χ4v) is 4.09. The molecule has 0 spiro atoms. The summed E-state index contributed by atoms with van der Waals surface area (Å²) >= 11 is 0. The molecule has 1 aliphatic rings. The summed E-state index contributed by atoms with van der Waals surface area (Å²) in [7, 11) is 0. The average Bonchev–Trinajstić information content (AvgIpc) is 3.25. The summed E-state index contributed by atoms with van der Waals surface area (Å²) in [5.41, 5.74) is 4.11. The third-order valence-electron chi connectivity index (χ3n) is 5.62. The predicted octanol–water partition coefficient (Wildman–Crippen LogP) is 3.92. The first-order valence-corrected chi connectivity index (χ1v) is 11.0. The minimum atomic E-state index is -0.416. The number of rotatable bonds is 6. The maximum absolute atomic E-state index is 14.8. The van der Waals surface area contributed by atoms with E-state index < -0.39 is 5.82 Å². The number of aromatic nitrogens is 5. The maximum Gasteiger partial charge on any atom is 0.229 e. The highest BCUT2D eigenvalue weighted by atomic mass is 19.1. The zero-order chi connectivity index (χ0) is 22.8. The van der Waals surface area contributed by atoms with Crippen LogP contribution in [0.2, 0.25) is 0 Å². The summed E-state index contributed by atoms with van der Waals surface area (Å²) in [4.78, 5) is 13.6. The summed E-state index contributed by atoms with van der Waals surface area (Å²) in [6.45, 7) is 6.02. The molecule has 3 N–H and O–H groups in total. The van der Waals surface area contributed by atoms with Crippen LogP contribution in [-0.4, -0.2) is 37.8 Å². The number of aryl methyl sites for hydroxylation is 1. The Bertz CT molecular complexity index is 1270. The van der Waals surface area contributed by atoms with E-state index in [0.717, 1.165) is 30.2 Å². The number of benzene rings is 2. The van der Waals surface area contributed by atoms with Gasteiger partial charge in [0.25, 0.3) is 0 Å². The highest BCUT2D eigenvalue weighted by molar-refractivity contribution is 5.60. The van der Waals surface area contributed by atoms with Crippen LogP contribution in [0, 0.1) is 12.7 Å². The van der Waals surface area contributed by atoms with Crippen LogP contribution >= 0.6 is 0 Å². The molecular formula is C24H25FN8. The number of nitrogens with one attached hydrogen (secondary N) is 3. The summed E-state index contributed by atoms with van der Waals surface area (Å²) in [5, 5.41) is 14.2. The van der Waals surface area contributed by atoms with Gasteiger partial charge in [-0.1, -0.05) is 30.3 Å². The summed E-state index contributed by atoms with van der Waals surface area (Å²) in [6.07, 6.45) is 1.49. The van der Waals surface area contributed by atoms with Crippen molar-refractivity contribution in [3.8, 4) is 5.69 Å². The number of anilines is 3. The summed E-state index contributed by atoms with van der Waals surface area (Å²) in [6, 6.07) is 15.2. The van der Waals surface area contributed by atoms with Crippen molar-refractivity contribution < 1.29 is 4.39 Å². The van der Waals surface area contributed by atoms with E-state index in [9.17, 15) is 4.39 Å². The van der Waals surface area contributed by atoms with Gasteiger partial charge in [-0.05, 0) is 37.6 Å². The first-order chi connectivity index (χ1) is 16.1. The van der Waals surface area contributed by atoms with E-state index in [4.69, 9.17) is 4.98 Å². The molecule has 0 saturated carbocycles. The Morgan fingerprint density at radius 2 is 2.00 bits per heavy atom. The van der Waals surface area contributed by atoms with Crippen molar-refractivity contribution in [2.24, 2.45) is 0 Å². The lowest BCUT2D eigenvalue weighted by Gasteiger charge is -2.28.